The van der Waals surface area contributed by atoms with E-state index in [-0.39, 0.29) is 11.6 Å². The van der Waals surface area contributed by atoms with E-state index in [1.54, 1.807) is 4.90 Å². The molecule has 1 fully saturated rings. The lowest BCUT2D eigenvalue weighted by Gasteiger charge is -2.36. The number of hydrogen-bond donors (Lipinski definition) is 0. The SMILES string of the molecule is CC1(C)COC(C)(C)N1C(=O)OC/C=C\CCC/C=C/CCl. The van der Waals surface area contributed by atoms with E-state index in [0.717, 1.165) is 19.3 Å². The van der Waals surface area contributed by atoms with Crippen molar-refractivity contribution in [2.75, 3.05) is 19.1 Å². The first-order valence-electron chi connectivity index (χ1n) is 7.78. The van der Waals surface area contributed by atoms with E-state index in [1.165, 1.54) is 0 Å². The Bertz CT molecular complexity index is 400. The van der Waals surface area contributed by atoms with Gasteiger partial charge < -0.3 is 9.47 Å². The maximum absolute atomic E-state index is 12.3. The van der Waals surface area contributed by atoms with Gasteiger partial charge in [-0.3, -0.25) is 4.90 Å². The summed E-state index contributed by atoms with van der Waals surface area (Å²) in [6.45, 7) is 8.53. The van der Waals surface area contributed by atoms with Crippen LogP contribution in [0.4, 0.5) is 4.79 Å². The average Bonchev–Trinajstić information content (AvgIpc) is 2.65. The molecule has 0 N–H and O–H groups in total. The minimum Gasteiger partial charge on any atom is -0.445 e. The van der Waals surface area contributed by atoms with E-state index >= 15 is 0 Å². The van der Waals surface area contributed by atoms with Gasteiger partial charge in [0.1, 0.15) is 12.3 Å². The van der Waals surface area contributed by atoms with Crippen molar-refractivity contribution in [3.63, 3.8) is 0 Å². The Hall–Kier alpha value is -1.00. The van der Waals surface area contributed by atoms with Crippen LogP contribution in [0.25, 0.3) is 0 Å². The second kappa shape index (κ2) is 8.59. The number of carbonyl (C=O) groups excluding carboxylic acids is 1. The van der Waals surface area contributed by atoms with Gasteiger partial charge in [0, 0.05) is 5.88 Å². The quantitative estimate of drug-likeness (QED) is 0.392. The molecule has 4 nitrogen and oxygen atoms in total. The van der Waals surface area contributed by atoms with Gasteiger partial charge in [0.25, 0.3) is 0 Å². The molecule has 0 atom stereocenters. The first-order valence-corrected chi connectivity index (χ1v) is 8.32. The molecule has 0 unspecified atom stereocenters. The minimum absolute atomic E-state index is 0.291. The summed E-state index contributed by atoms with van der Waals surface area (Å²) in [5.41, 5.74) is -0.974. The number of nitrogens with zero attached hydrogens (tertiary/aromatic N) is 1. The fraction of sp³-hybridized carbons (Fsp3) is 0.706. The highest BCUT2D eigenvalue weighted by Crippen LogP contribution is 2.34. The van der Waals surface area contributed by atoms with Crippen molar-refractivity contribution in [3.05, 3.63) is 24.3 Å². The molecule has 0 bridgehead atoms. The molecule has 0 aliphatic carbocycles. The number of alkyl halides is 1. The van der Waals surface area contributed by atoms with E-state index in [2.05, 4.69) is 6.08 Å². The molecule has 1 aliphatic heterocycles. The van der Waals surface area contributed by atoms with Crippen LogP contribution in [0.1, 0.15) is 47.0 Å². The molecular formula is C17H28ClNO3. The van der Waals surface area contributed by atoms with Gasteiger partial charge in [0.2, 0.25) is 0 Å². The monoisotopic (exact) mass is 329 g/mol. The molecule has 0 aromatic carbocycles. The number of rotatable bonds is 7. The predicted octanol–water partition coefficient (Wildman–Crippen LogP) is 4.49. The highest BCUT2D eigenvalue weighted by molar-refractivity contribution is 6.18. The maximum atomic E-state index is 12.3. The molecule has 0 radical (unpaired) electrons. The second-order valence-electron chi connectivity index (χ2n) is 6.49. The van der Waals surface area contributed by atoms with Crippen LogP contribution >= 0.6 is 11.6 Å². The molecule has 126 valence electrons. The van der Waals surface area contributed by atoms with Crippen molar-refractivity contribution < 1.29 is 14.3 Å². The Balaban J connectivity index is 2.30. The van der Waals surface area contributed by atoms with E-state index in [4.69, 9.17) is 21.1 Å². The molecule has 0 aromatic heterocycles. The van der Waals surface area contributed by atoms with Crippen LogP contribution in [0.15, 0.2) is 24.3 Å². The fourth-order valence-electron chi connectivity index (χ4n) is 2.58. The summed E-state index contributed by atoms with van der Waals surface area (Å²) < 4.78 is 11.0. The zero-order chi connectivity index (χ0) is 16.6. The van der Waals surface area contributed by atoms with Crippen LogP contribution in [-0.2, 0) is 9.47 Å². The van der Waals surface area contributed by atoms with Crippen LogP contribution in [-0.4, -0.2) is 41.4 Å². The Morgan fingerprint density at radius 1 is 1.18 bits per heavy atom. The van der Waals surface area contributed by atoms with Gasteiger partial charge in [0.05, 0.1) is 12.1 Å². The fourth-order valence-corrected chi connectivity index (χ4v) is 2.71. The molecule has 5 heteroatoms. The highest BCUT2D eigenvalue weighted by atomic mass is 35.5. The lowest BCUT2D eigenvalue weighted by molar-refractivity contribution is -0.0503. The summed E-state index contributed by atoms with van der Waals surface area (Å²) in [6.07, 6.45) is 10.7. The third-order valence-corrected chi connectivity index (χ3v) is 3.75. The number of halogens is 1. The van der Waals surface area contributed by atoms with Gasteiger partial charge in [-0.15, -0.1) is 11.6 Å². The summed E-state index contributed by atoms with van der Waals surface area (Å²) in [5, 5.41) is 0. The zero-order valence-electron chi connectivity index (χ0n) is 14.1. The summed E-state index contributed by atoms with van der Waals surface area (Å²) in [4.78, 5) is 13.9. The van der Waals surface area contributed by atoms with Crippen molar-refractivity contribution in [1.29, 1.82) is 0 Å². The van der Waals surface area contributed by atoms with Crippen LogP contribution in [0.5, 0.6) is 0 Å². The molecule has 0 saturated carbocycles. The van der Waals surface area contributed by atoms with E-state index in [1.807, 2.05) is 45.9 Å². The van der Waals surface area contributed by atoms with E-state index < -0.39 is 5.72 Å². The largest absolute Gasteiger partial charge is 0.445 e. The summed E-state index contributed by atoms with van der Waals surface area (Å²) in [6, 6.07) is 0. The molecule has 1 heterocycles. The van der Waals surface area contributed by atoms with Crippen molar-refractivity contribution in [2.45, 2.75) is 58.2 Å². The number of unbranched alkanes of at least 4 members (excludes halogenated alkanes) is 2. The lowest BCUT2D eigenvalue weighted by atomic mass is 10.0. The number of carbonyl (C=O) groups is 1. The van der Waals surface area contributed by atoms with Gasteiger partial charge in [0.15, 0.2) is 0 Å². The zero-order valence-corrected chi connectivity index (χ0v) is 14.9. The highest BCUT2D eigenvalue weighted by Gasteiger charge is 2.49. The van der Waals surface area contributed by atoms with Gasteiger partial charge in [-0.05, 0) is 47.0 Å². The van der Waals surface area contributed by atoms with Crippen molar-refractivity contribution >= 4 is 17.7 Å². The van der Waals surface area contributed by atoms with Gasteiger partial charge in [-0.2, -0.15) is 0 Å². The average molecular weight is 330 g/mol. The molecule has 1 amide bonds. The first-order chi connectivity index (χ1) is 10.3. The molecule has 22 heavy (non-hydrogen) atoms. The van der Waals surface area contributed by atoms with Gasteiger partial charge in [-0.25, -0.2) is 4.79 Å². The number of allylic oxidation sites excluding steroid dienone is 3. The third-order valence-electron chi connectivity index (χ3n) is 3.57. The molecule has 0 spiro atoms. The van der Waals surface area contributed by atoms with Gasteiger partial charge >= 0.3 is 6.09 Å². The third kappa shape index (κ3) is 5.65. The molecule has 1 rings (SSSR count). The normalized spacial score (nSPS) is 20.1. The van der Waals surface area contributed by atoms with Gasteiger partial charge in [-0.1, -0.05) is 24.3 Å². The standard InChI is InChI=1S/C17H28ClNO3/c1-16(2)14-22-17(3,4)19(16)15(20)21-13-11-9-7-5-6-8-10-12-18/h8-11H,5-7,12-14H2,1-4H3/b10-8+,11-9-. The molecule has 1 aliphatic rings. The van der Waals surface area contributed by atoms with Crippen LogP contribution in [0.3, 0.4) is 0 Å². The predicted molar refractivity (Wildman–Crippen MR) is 90.1 cm³/mol. The van der Waals surface area contributed by atoms with Crippen LogP contribution < -0.4 is 0 Å². The smallest absolute Gasteiger partial charge is 0.412 e. The van der Waals surface area contributed by atoms with Crippen molar-refractivity contribution in [2.24, 2.45) is 0 Å². The van der Waals surface area contributed by atoms with E-state index in [0.29, 0.717) is 19.1 Å². The van der Waals surface area contributed by atoms with Crippen molar-refractivity contribution in [3.8, 4) is 0 Å². The Labute approximate surface area is 139 Å². The number of hydrogen-bond acceptors (Lipinski definition) is 3. The first kappa shape index (κ1) is 19.0. The summed E-state index contributed by atoms with van der Waals surface area (Å²) >= 11 is 5.54. The Kier molecular flexibility index (Phi) is 7.43. The lowest BCUT2D eigenvalue weighted by Crippen LogP contribution is -2.52. The Morgan fingerprint density at radius 2 is 1.82 bits per heavy atom. The van der Waals surface area contributed by atoms with Crippen molar-refractivity contribution in [1.82, 2.24) is 4.90 Å². The maximum Gasteiger partial charge on any atom is 0.412 e. The molecular weight excluding hydrogens is 302 g/mol. The summed E-state index contributed by atoms with van der Waals surface area (Å²) in [7, 11) is 0. The topological polar surface area (TPSA) is 38.8 Å². The number of ether oxygens (including phenoxy) is 2. The second-order valence-corrected chi connectivity index (χ2v) is 6.80. The van der Waals surface area contributed by atoms with E-state index in [9.17, 15) is 4.79 Å². The minimum atomic E-state index is -0.626. The molecule has 1 saturated heterocycles. The Morgan fingerprint density at radius 3 is 2.36 bits per heavy atom. The molecule has 0 aromatic rings. The summed E-state index contributed by atoms with van der Waals surface area (Å²) in [5.74, 6) is 0.568. The van der Waals surface area contributed by atoms with Crippen LogP contribution in [0.2, 0.25) is 0 Å². The number of amides is 1. The van der Waals surface area contributed by atoms with Crippen LogP contribution in [0, 0.1) is 0 Å².